The third-order valence-electron chi connectivity index (χ3n) is 4.14. The Kier molecular flexibility index (Phi) is 7.99. The van der Waals surface area contributed by atoms with Gasteiger partial charge in [-0.2, -0.15) is 5.26 Å². The number of hydrogen-bond donors (Lipinski definition) is 0. The molecule has 1 aliphatic heterocycles. The number of carbonyl (C=O) groups is 3. The van der Waals surface area contributed by atoms with Gasteiger partial charge in [-0.3, -0.25) is 14.4 Å². The van der Waals surface area contributed by atoms with Gasteiger partial charge in [0, 0.05) is 37.8 Å². The number of esters is 3. The maximum absolute atomic E-state index is 11.7. The molecule has 0 aromatic carbocycles. The van der Waals surface area contributed by atoms with Crippen molar-refractivity contribution in [2.75, 3.05) is 6.61 Å². The molecule has 5 atom stereocenters. The number of thioether (sulfide) groups is 1. The minimum atomic E-state index is -0.771. The predicted molar refractivity (Wildman–Crippen MR) is 100 cm³/mol. The van der Waals surface area contributed by atoms with Crippen LogP contribution in [-0.4, -0.2) is 53.2 Å². The van der Waals surface area contributed by atoms with Crippen LogP contribution < -0.4 is 0 Å². The zero-order valence-electron chi connectivity index (χ0n) is 16.5. The van der Waals surface area contributed by atoms with E-state index >= 15 is 0 Å². The van der Waals surface area contributed by atoms with Crippen LogP contribution in [0.4, 0.5) is 0 Å². The quantitative estimate of drug-likeness (QED) is 0.495. The Bertz CT molecular complexity index is 791. The molecule has 0 amide bonds. The second kappa shape index (κ2) is 10.2. The highest BCUT2D eigenvalue weighted by Crippen LogP contribution is 2.38. The molecule has 0 spiro atoms. The summed E-state index contributed by atoms with van der Waals surface area (Å²) in [5, 5.41) is 8.88. The van der Waals surface area contributed by atoms with Crippen molar-refractivity contribution in [3.05, 3.63) is 24.0 Å². The summed E-state index contributed by atoms with van der Waals surface area (Å²) in [5.74, 6) is -1.96. The van der Waals surface area contributed by atoms with Gasteiger partial charge in [-0.25, -0.2) is 4.98 Å². The SMILES string of the molecule is CC(=O)OCC1O[C@H](Sc2ccc(C#N)nc2)C(OC(C)=O)C(C)[C@H]1OC(C)=O. The molecule has 29 heavy (non-hydrogen) atoms. The summed E-state index contributed by atoms with van der Waals surface area (Å²) in [7, 11) is 0. The van der Waals surface area contributed by atoms with Gasteiger partial charge in [-0.05, 0) is 12.1 Å². The summed E-state index contributed by atoms with van der Waals surface area (Å²) in [6.45, 7) is 5.47. The number of carbonyl (C=O) groups excluding carboxylic acids is 3. The second-order valence-corrected chi connectivity index (χ2v) is 7.63. The van der Waals surface area contributed by atoms with Crippen molar-refractivity contribution in [1.82, 2.24) is 4.98 Å². The molecule has 0 bridgehead atoms. The summed E-state index contributed by atoms with van der Waals surface area (Å²) in [6, 6.07) is 5.21. The number of hydrogen-bond acceptors (Lipinski definition) is 10. The molecule has 0 N–H and O–H groups in total. The zero-order chi connectivity index (χ0) is 21.6. The Morgan fingerprint density at radius 1 is 1.14 bits per heavy atom. The normalized spacial score (nSPS) is 26.1. The van der Waals surface area contributed by atoms with Crippen LogP contribution in [-0.2, 0) is 33.3 Å². The fourth-order valence-electron chi connectivity index (χ4n) is 2.91. The van der Waals surface area contributed by atoms with E-state index in [1.54, 1.807) is 19.1 Å². The van der Waals surface area contributed by atoms with E-state index in [-0.39, 0.29) is 12.3 Å². The van der Waals surface area contributed by atoms with E-state index in [4.69, 9.17) is 24.2 Å². The van der Waals surface area contributed by atoms with E-state index in [1.807, 2.05) is 6.07 Å². The van der Waals surface area contributed by atoms with Crippen molar-refractivity contribution >= 4 is 29.7 Å². The van der Waals surface area contributed by atoms with Crippen molar-refractivity contribution in [2.45, 2.75) is 56.3 Å². The van der Waals surface area contributed by atoms with Gasteiger partial charge in [0.05, 0.1) is 0 Å². The fraction of sp³-hybridized carbons (Fsp3) is 0.526. The lowest BCUT2D eigenvalue weighted by atomic mass is 9.91. The zero-order valence-corrected chi connectivity index (χ0v) is 17.3. The van der Waals surface area contributed by atoms with E-state index < -0.39 is 47.6 Å². The average Bonchev–Trinajstić information content (AvgIpc) is 2.65. The van der Waals surface area contributed by atoms with E-state index in [9.17, 15) is 14.4 Å². The van der Waals surface area contributed by atoms with Crippen LogP contribution in [0.3, 0.4) is 0 Å². The van der Waals surface area contributed by atoms with E-state index in [0.717, 1.165) is 0 Å². The summed E-state index contributed by atoms with van der Waals surface area (Å²) < 4.78 is 21.9. The highest BCUT2D eigenvalue weighted by atomic mass is 32.2. The van der Waals surface area contributed by atoms with Gasteiger partial charge in [0.25, 0.3) is 0 Å². The Morgan fingerprint density at radius 2 is 1.79 bits per heavy atom. The van der Waals surface area contributed by atoms with Gasteiger partial charge in [0.2, 0.25) is 0 Å². The molecule has 1 aromatic rings. The van der Waals surface area contributed by atoms with Gasteiger partial charge >= 0.3 is 17.9 Å². The van der Waals surface area contributed by atoms with Crippen molar-refractivity contribution in [3.8, 4) is 6.07 Å². The van der Waals surface area contributed by atoms with Gasteiger partial charge in [0.15, 0.2) is 0 Å². The van der Waals surface area contributed by atoms with Crippen molar-refractivity contribution < 1.29 is 33.3 Å². The lowest BCUT2D eigenvalue weighted by Crippen LogP contribution is -2.56. The maximum atomic E-state index is 11.7. The van der Waals surface area contributed by atoms with Crippen LogP contribution in [0.25, 0.3) is 0 Å². The molecular formula is C19H22N2O7S. The first-order valence-electron chi connectivity index (χ1n) is 8.87. The summed E-state index contributed by atoms with van der Waals surface area (Å²) in [6.07, 6.45) is -0.729. The van der Waals surface area contributed by atoms with Crippen molar-refractivity contribution in [2.24, 2.45) is 5.92 Å². The molecule has 1 saturated heterocycles. The van der Waals surface area contributed by atoms with Crippen LogP contribution >= 0.6 is 11.8 Å². The molecule has 2 rings (SSSR count). The van der Waals surface area contributed by atoms with E-state index in [2.05, 4.69) is 4.98 Å². The largest absolute Gasteiger partial charge is 0.463 e. The van der Waals surface area contributed by atoms with Crippen LogP contribution in [0.15, 0.2) is 23.2 Å². The Balaban J connectivity index is 2.29. The molecule has 9 nitrogen and oxygen atoms in total. The third kappa shape index (κ3) is 6.44. The van der Waals surface area contributed by atoms with E-state index in [0.29, 0.717) is 4.90 Å². The topological polar surface area (TPSA) is 125 Å². The minimum Gasteiger partial charge on any atom is -0.463 e. The summed E-state index contributed by atoms with van der Waals surface area (Å²) in [5.41, 5.74) is -0.400. The minimum absolute atomic E-state index is 0.118. The number of rotatable bonds is 6. The first-order valence-corrected chi connectivity index (χ1v) is 9.75. The third-order valence-corrected chi connectivity index (χ3v) is 5.26. The summed E-state index contributed by atoms with van der Waals surface area (Å²) in [4.78, 5) is 39.2. The smallest absolute Gasteiger partial charge is 0.303 e. The fourth-order valence-corrected chi connectivity index (χ4v) is 4.07. The van der Waals surface area contributed by atoms with Crippen LogP contribution in [0.1, 0.15) is 33.4 Å². The van der Waals surface area contributed by atoms with Crippen LogP contribution in [0.5, 0.6) is 0 Å². The summed E-state index contributed by atoms with van der Waals surface area (Å²) >= 11 is 1.24. The molecule has 1 aliphatic rings. The number of nitriles is 1. The number of pyridine rings is 1. The highest BCUT2D eigenvalue weighted by molar-refractivity contribution is 7.99. The molecule has 1 fully saturated rings. The lowest BCUT2D eigenvalue weighted by Gasteiger charge is -2.43. The van der Waals surface area contributed by atoms with Gasteiger partial charge in [-0.15, -0.1) is 0 Å². The molecule has 0 radical (unpaired) electrons. The standard InChI is InChI=1S/C19H22N2O7S/c1-10-17(26-12(3)23)16(9-25-11(2)22)28-19(18(10)27-13(4)24)29-15-6-5-14(7-20)21-8-15/h5-6,8,10,16-19H,9H2,1-4H3/t10?,16?,17-,18?,19-/m1/s1. The number of ether oxygens (including phenoxy) is 4. The molecular weight excluding hydrogens is 400 g/mol. The maximum Gasteiger partial charge on any atom is 0.303 e. The van der Waals surface area contributed by atoms with Gasteiger partial charge in [0.1, 0.15) is 42.1 Å². The molecule has 156 valence electrons. The predicted octanol–water partition coefficient (Wildman–Crippen LogP) is 1.83. The average molecular weight is 422 g/mol. The lowest BCUT2D eigenvalue weighted by molar-refractivity contribution is -0.212. The van der Waals surface area contributed by atoms with Gasteiger partial charge < -0.3 is 18.9 Å². The highest BCUT2D eigenvalue weighted by Gasteiger charge is 2.48. The first kappa shape index (κ1) is 22.6. The molecule has 0 aliphatic carbocycles. The van der Waals surface area contributed by atoms with Crippen LogP contribution in [0, 0.1) is 17.2 Å². The molecule has 0 saturated carbocycles. The second-order valence-electron chi connectivity index (χ2n) is 6.46. The number of nitrogens with zero attached hydrogens (tertiary/aromatic N) is 2. The van der Waals surface area contributed by atoms with Crippen molar-refractivity contribution in [3.63, 3.8) is 0 Å². The molecule has 10 heteroatoms. The molecule has 2 heterocycles. The molecule has 1 aromatic heterocycles. The van der Waals surface area contributed by atoms with E-state index in [1.165, 1.54) is 38.7 Å². The molecule has 3 unspecified atom stereocenters. The number of aromatic nitrogens is 1. The van der Waals surface area contributed by atoms with Crippen LogP contribution in [0.2, 0.25) is 0 Å². The monoisotopic (exact) mass is 422 g/mol. The van der Waals surface area contributed by atoms with Gasteiger partial charge in [-0.1, -0.05) is 18.7 Å². The van der Waals surface area contributed by atoms with Crippen molar-refractivity contribution in [1.29, 1.82) is 5.26 Å². The Hall–Kier alpha value is -2.64. The Labute approximate surface area is 172 Å². The first-order chi connectivity index (χ1) is 13.7. The Morgan fingerprint density at radius 3 is 2.31 bits per heavy atom.